The second-order valence-corrected chi connectivity index (χ2v) is 5.28. The van der Waals surface area contributed by atoms with Crippen molar-refractivity contribution in [3.8, 4) is 0 Å². The SMILES string of the molecule is O=C(NCc1ccccc1C(F)(F)F)c1ccc(Cl)c(Cl)c1. The number of hydrogen-bond donors (Lipinski definition) is 1. The van der Waals surface area contributed by atoms with Crippen LogP contribution < -0.4 is 5.32 Å². The van der Waals surface area contributed by atoms with Gasteiger partial charge in [-0.15, -0.1) is 0 Å². The first-order chi connectivity index (χ1) is 10.3. The first-order valence-corrected chi connectivity index (χ1v) is 6.93. The normalized spacial score (nSPS) is 11.3. The third-order valence-corrected chi connectivity index (χ3v) is 3.68. The maximum absolute atomic E-state index is 12.8. The van der Waals surface area contributed by atoms with Crippen molar-refractivity contribution < 1.29 is 18.0 Å². The Morgan fingerprint density at radius 1 is 1.05 bits per heavy atom. The predicted octanol–water partition coefficient (Wildman–Crippen LogP) is 4.94. The number of alkyl halides is 3. The molecule has 0 saturated heterocycles. The molecule has 2 nitrogen and oxygen atoms in total. The summed E-state index contributed by atoms with van der Waals surface area (Å²) in [7, 11) is 0. The van der Waals surface area contributed by atoms with Crippen LogP contribution in [0.3, 0.4) is 0 Å². The van der Waals surface area contributed by atoms with Gasteiger partial charge in [-0.25, -0.2) is 0 Å². The standard InChI is InChI=1S/C15H10Cl2F3NO/c16-12-6-5-9(7-13(12)17)14(22)21-8-10-3-1-2-4-11(10)15(18,19)20/h1-7H,8H2,(H,21,22). The van der Waals surface area contributed by atoms with E-state index in [1.165, 1.54) is 36.4 Å². The van der Waals surface area contributed by atoms with Crippen LogP contribution in [0.4, 0.5) is 13.2 Å². The van der Waals surface area contributed by atoms with E-state index in [0.29, 0.717) is 5.02 Å². The molecule has 2 rings (SSSR count). The lowest BCUT2D eigenvalue weighted by Crippen LogP contribution is -2.24. The molecule has 0 aromatic heterocycles. The van der Waals surface area contributed by atoms with Gasteiger partial charge in [0.25, 0.3) is 5.91 Å². The summed E-state index contributed by atoms with van der Waals surface area (Å²) in [5.41, 5.74) is -0.563. The lowest BCUT2D eigenvalue weighted by Gasteiger charge is -2.13. The van der Waals surface area contributed by atoms with Crippen LogP contribution in [-0.2, 0) is 12.7 Å². The number of carbonyl (C=O) groups excluding carboxylic acids is 1. The Balaban J connectivity index is 2.13. The molecule has 0 heterocycles. The minimum absolute atomic E-state index is 0.0107. The molecule has 0 bridgehead atoms. The van der Waals surface area contributed by atoms with Crippen molar-refractivity contribution in [2.24, 2.45) is 0 Å². The monoisotopic (exact) mass is 347 g/mol. The predicted molar refractivity (Wildman–Crippen MR) is 79.1 cm³/mol. The Morgan fingerprint density at radius 3 is 2.36 bits per heavy atom. The van der Waals surface area contributed by atoms with Crippen molar-refractivity contribution in [3.63, 3.8) is 0 Å². The fourth-order valence-corrected chi connectivity index (χ4v) is 2.16. The highest BCUT2D eigenvalue weighted by atomic mass is 35.5. The molecule has 22 heavy (non-hydrogen) atoms. The van der Waals surface area contributed by atoms with Crippen molar-refractivity contribution in [2.75, 3.05) is 0 Å². The summed E-state index contributed by atoms with van der Waals surface area (Å²) in [6, 6.07) is 9.32. The summed E-state index contributed by atoms with van der Waals surface area (Å²) in [5.74, 6) is -0.532. The molecule has 0 aliphatic heterocycles. The van der Waals surface area contributed by atoms with Crippen molar-refractivity contribution >= 4 is 29.1 Å². The van der Waals surface area contributed by atoms with Crippen LogP contribution in [0, 0.1) is 0 Å². The fraction of sp³-hybridized carbons (Fsp3) is 0.133. The Labute approximate surface area is 134 Å². The fourth-order valence-electron chi connectivity index (χ4n) is 1.87. The molecule has 0 spiro atoms. The largest absolute Gasteiger partial charge is 0.416 e. The van der Waals surface area contributed by atoms with E-state index in [2.05, 4.69) is 5.32 Å². The Bertz CT molecular complexity index is 701. The highest BCUT2D eigenvalue weighted by Gasteiger charge is 2.32. The summed E-state index contributed by atoms with van der Waals surface area (Å²) >= 11 is 11.5. The second kappa shape index (κ2) is 6.58. The van der Waals surface area contributed by atoms with Gasteiger partial charge in [-0.3, -0.25) is 4.79 Å². The molecule has 1 N–H and O–H groups in total. The van der Waals surface area contributed by atoms with Gasteiger partial charge in [0.1, 0.15) is 0 Å². The molecule has 116 valence electrons. The van der Waals surface area contributed by atoms with Crippen molar-refractivity contribution in [2.45, 2.75) is 12.7 Å². The Morgan fingerprint density at radius 2 is 1.73 bits per heavy atom. The van der Waals surface area contributed by atoms with Gasteiger partial charge < -0.3 is 5.32 Å². The third kappa shape index (κ3) is 3.93. The molecule has 0 unspecified atom stereocenters. The first-order valence-electron chi connectivity index (χ1n) is 6.17. The summed E-state index contributed by atoms with van der Waals surface area (Å²) in [6.45, 7) is -0.241. The summed E-state index contributed by atoms with van der Waals surface area (Å²) in [4.78, 5) is 11.9. The van der Waals surface area contributed by atoms with Gasteiger partial charge in [-0.2, -0.15) is 13.2 Å². The number of hydrogen-bond acceptors (Lipinski definition) is 1. The molecule has 2 aromatic carbocycles. The smallest absolute Gasteiger partial charge is 0.348 e. The van der Waals surface area contributed by atoms with E-state index >= 15 is 0 Å². The summed E-state index contributed by atoms with van der Waals surface area (Å²) in [6.07, 6.45) is -4.47. The number of nitrogens with one attached hydrogen (secondary N) is 1. The molecule has 0 radical (unpaired) electrons. The van der Waals surface area contributed by atoms with Gasteiger partial charge in [0.05, 0.1) is 15.6 Å². The number of rotatable bonds is 3. The number of benzene rings is 2. The van der Waals surface area contributed by atoms with Crippen LogP contribution in [0.1, 0.15) is 21.5 Å². The van der Waals surface area contributed by atoms with Crippen LogP contribution in [0.25, 0.3) is 0 Å². The molecule has 7 heteroatoms. The van der Waals surface area contributed by atoms with Gasteiger partial charge in [0.15, 0.2) is 0 Å². The second-order valence-electron chi connectivity index (χ2n) is 4.47. The van der Waals surface area contributed by atoms with Gasteiger partial charge in [-0.1, -0.05) is 41.4 Å². The number of halogens is 5. The molecule has 0 aliphatic rings. The third-order valence-electron chi connectivity index (χ3n) is 2.94. The molecule has 0 fully saturated rings. The van der Waals surface area contributed by atoms with Crippen molar-refractivity contribution in [1.82, 2.24) is 5.32 Å². The maximum atomic E-state index is 12.8. The molecule has 0 saturated carbocycles. The minimum Gasteiger partial charge on any atom is -0.348 e. The average Bonchev–Trinajstić information content (AvgIpc) is 2.47. The van der Waals surface area contributed by atoms with Crippen LogP contribution in [-0.4, -0.2) is 5.91 Å². The van der Waals surface area contributed by atoms with E-state index in [1.807, 2.05) is 0 Å². The summed E-state index contributed by atoms with van der Waals surface area (Å²) < 4.78 is 38.5. The molecule has 0 aliphatic carbocycles. The first kappa shape index (κ1) is 16.6. The van der Waals surface area contributed by atoms with E-state index in [4.69, 9.17) is 23.2 Å². The van der Waals surface area contributed by atoms with Crippen LogP contribution in [0.2, 0.25) is 10.0 Å². The van der Waals surface area contributed by atoms with Crippen molar-refractivity contribution in [3.05, 3.63) is 69.2 Å². The Kier molecular flexibility index (Phi) is 4.98. The number of carbonyl (C=O) groups is 1. The van der Waals surface area contributed by atoms with Crippen molar-refractivity contribution in [1.29, 1.82) is 0 Å². The van der Waals surface area contributed by atoms with E-state index in [-0.39, 0.29) is 22.7 Å². The van der Waals surface area contributed by atoms with Gasteiger partial charge in [0, 0.05) is 12.1 Å². The zero-order valence-corrected chi connectivity index (χ0v) is 12.6. The van der Waals surface area contributed by atoms with Crippen LogP contribution in [0.5, 0.6) is 0 Å². The van der Waals surface area contributed by atoms with E-state index < -0.39 is 17.6 Å². The van der Waals surface area contributed by atoms with Gasteiger partial charge in [-0.05, 0) is 29.8 Å². The average molecular weight is 348 g/mol. The quantitative estimate of drug-likeness (QED) is 0.836. The lowest BCUT2D eigenvalue weighted by atomic mass is 10.1. The molecular weight excluding hydrogens is 338 g/mol. The molecule has 1 amide bonds. The van der Waals surface area contributed by atoms with Crippen LogP contribution >= 0.6 is 23.2 Å². The van der Waals surface area contributed by atoms with Gasteiger partial charge in [0.2, 0.25) is 0 Å². The van der Waals surface area contributed by atoms with Gasteiger partial charge >= 0.3 is 6.18 Å². The maximum Gasteiger partial charge on any atom is 0.416 e. The van der Waals surface area contributed by atoms with Crippen LogP contribution in [0.15, 0.2) is 42.5 Å². The van der Waals surface area contributed by atoms with E-state index in [1.54, 1.807) is 0 Å². The lowest BCUT2D eigenvalue weighted by molar-refractivity contribution is -0.138. The minimum atomic E-state index is -4.47. The summed E-state index contributed by atoms with van der Waals surface area (Å²) in [5, 5.41) is 2.93. The molecule has 2 aromatic rings. The zero-order valence-electron chi connectivity index (χ0n) is 11.0. The van der Waals surface area contributed by atoms with E-state index in [9.17, 15) is 18.0 Å². The van der Waals surface area contributed by atoms with E-state index in [0.717, 1.165) is 6.07 Å². The highest BCUT2D eigenvalue weighted by molar-refractivity contribution is 6.42. The topological polar surface area (TPSA) is 29.1 Å². The molecular formula is C15H10Cl2F3NO. The zero-order chi connectivity index (χ0) is 16.3. The Hall–Kier alpha value is -1.72. The highest BCUT2D eigenvalue weighted by Crippen LogP contribution is 2.31. The number of amides is 1. The molecule has 0 atom stereocenters.